The number of amidine groups is 1. The van der Waals surface area contributed by atoms with Crippen molar-refractivity contribution in [2.45, 2.75) is 63.6 Å². The first-order chi connectivity index (χ1) is 13.5. The lowest BCUT2D eigenvalue weighted by molar-refractivity contribution is -0.140. The monoisotopic (exact) mass is 385 g/mol. The number of rotatable bonds is 6. The van der Waals surface area contributed by atoms with Crippen LogP contribution in [0.3, 0.4) is 0 Å². The maximum atomic E-state index is 12.9. The van der Waals surface area contributed by atoms with Gasteiger partial charge in [0.15, 0.2) is 0 Å². The van der Waals surface area contributed by atoms with Gasteiger partial charge in [0.05, 0.1) is 6.04 Å². The second-order valence-corrected chi connectivity index (χ2v) is 7.94. The number of nitrogens with one attached hydrogen (secondary N) is 2. The number of carbonyl (C=O) groups excluding carboxylic acids is 2. The van der Waals surface area contributed by atoms with Gasteiger partial charge in [-0.3, -0.25) is 15.0 Å². The number of carbonyl (C=O) groups is 2. The highest BCUT2D eigenvalue weighted by molar-refractivity contribution is 5.95. The third kappa shape index (κ3) is 4.70. The maximum Gasteiger partial charge on any atom is 0.243 e. The Labute approximate surface area is 166 Å². The highest BCUT2D eigenvalue weighted by atomic mass is 16.2. The molecule has 1 saturated heterocycles. The minimum Gasteiger partial charge on any atom is -0.384 e. The Kier molecular flexibility index (Phi) is 6.67. The van der Waals surface area contributed by atoms with E-state index in [-0.39, 0.29) is 23.6 Å². The Balaban J connectivity index is 1.56. The van der Waals surface area contributed by atoms with Crippen molar-refractivity contribution in [1.82, 2.24) is 10.2 Å². The molecule has 0 radical (unpaired) electrons. The van der Waals surface area contributed by atoms with Crippen molar-refractivity contribution in [3.8, 4) is 0 Å². The third-order valence-corrected chi connectivity index (χ3v) is 6.01. The predicted octanol–water partition coefficient (Wildman–Crippen LogP) is 1.49. The van der Waals surface area contributed by atoms with Crippen LogP contribution in [0.25, 0.3) is 0 Å². The number of nitrogen functional groups attached to an aromatic ring is 1. The molecule has 28 heavy (non-hydrogen) atoms. The molecule has 1 unspecified atom stereocenters. The molecule has 2 atom stereocenters. The molecule has 1 aromatic rings. The number of hydrogen-bond acceptors (Lipinski definition) is 4. The summed E-state index contributed by atoms with van der Waals surface area (Å²) in [6.45, 7) is 0.981. The minimum atomic E-state index is -0.493. The molecule has 7 heteroatoms. The summed E-state index contributed by atoms with van der Waals surface area (Å²) in [5.41, 5.74) is 13.3. The molecule has 0 aromatic heterocycles. The molecule has 1 aliphatic heterocycles. The zero-order chi connectivity index (χ0) is 20.1. The van der Waals surface area contributed by atoms with Gasteiger partial charge in [0.1, 0.15) is 11.9 Å². The van der Waals surface area contributed by atoms with Gasteiger partial charge in [-0.25, -0.2) is 0 Å². The van der Waals surface area contributed by atoms with Crippen molar-refractivity contribution in [1.29, 1.82) is 5.41 Å². The summed E-state index contributed by atoms with van der Waals surface area (Å²) < 4.78 is 0. The average Bonchev–Trinajstić information content (AvgIpc) is 3.22. The summed E-state index contributed by atoms with van der Waals surface area (Å²) in [5.74, 6) is 0.0584. The van der Waals surface area contributed by atoms with Gasteiger partial charge in [-0.05, 0) is 37.2 Å². The molecule has 2 aliphatic rings. The molecular weight excluding hydrogens is 354 g/mol. The summed E-state index contributed by atoms with van der Waals surface area (Å²) in [5, 5.41) is 10.4. The van der Waals surface area contributed by atoms with Crippen LogP contribution in [-0.4, -0.2) is 41.2 Å². The fourth-order valence-corrected chi connectivity index (χ4v) is 4.30. The molecule has 1 heterocycles. The Morgan fingerprint density at radius 2 is 1.79 bits per heavy atom. The van der Waals surface area contributed by atoms with Crippen LogP contribution < -0.4 is 16.8 Å². The molecule has 1 saturated carbocycles. The summed E-state index contributed by atoms with van der Waals surface area (Å²) in [6, 6.07) is 6.28. The fourth-order valence-electron chi connectivity index (χ4n) is 4.30. The van der Waals surface area contributed by atoms with Crippen LogP contribution in [0.5, 0.6) is 0 Å². The van der Waals surface area contributed by atoms with Crippen LogP contribution in [0, 0.1) is 11.3 Å². The summed E-state index contributed by atoms with van der Waals surface area (Å²) in [7, 11) is 0. The predicted molar refractivity (Wildman–Crippen MR) is 109 cm³/mol. The zero-order valence-electron chi connectivity index (χ0n) is 16.3. The molecule has 6 N–H and O–H groups in total. The number of nitrogens with two attached hydrogens (primary N) is 2. The third-order valence-electron chi connectivity index (χ3n) is 6.01. The van der Waals surface area contributed by atoms with Gasteiger partial charge in [0.2, 0.25) is 11.8 Å². The lowest BCUT2D eigenvalue weighted by atomic mass is 9.83. The second kappa shape index (κ2) is 9.19. The van der Waals surface area contributed by atoms with E-state index in [1.807, 2.05) is 12.1 Å². The molecule has 3 rings (SSSR count). The van der Waals surface area contributed by atoms with E-state index in [9.17, 15) is 9.59 Å². The van der Waals surface area contributed by atoms with E-state index in [2.05, 4.69) is 5.32 Å². The molecule has 1 aromatic carbocycles. The summed E-state index contributed by atoms with van der Waals surface area (Å²) >= 11 is 0. The second-order valence-electron chi connectivity index (χ2n) is 7.94. The summed E-state index contributed by atoms with van der Waals surface area (Å²) in [4.78, 5) is 27.3. The zero-order valence-corrected chi connectivity index (χ0v) is 16.3. The molecule has 152 valence electrons. The molecule has 0 spiro atoms. The van der Waals surface area contributed by atoms with Crippen LogP contribution >= 0.6 is 0 Å². The molecular formula is C21H31N5O2. The van der Waals surface area contributed by atoms with E-state index < -0.39 is 12.1 Å². The van der Waals surface area contributed by atoms with Crippen molar-refractivity contribution in [3.63, 3.8) is 0 Å². The van der Waals surface area contributed by atoms with Crippen LogP contribution in [0.1, 0.15) is 56.1 Å². The maximum absolute atomic E-state index is 12.9. The van der Waals surface area contributed by atoms with Gasteiger partial charge in [0.25, 0.3) is 0 Å². The van der Waals surface area contributed by atoms with Crippen molar-refractivity contribution in [3.05, 3.63) is 35.4 Å². The molecule has 1 aliphatic carbocycles. The first-order valence-corrected chi connectivity index (χ1v) is 10.2. The standard InChI is InChI=1S/C21H31N5O2/c22-18(15-5-2-1-3-6-15)21(28)26-12-4-7-17(26)20(27)25-13-14-8-10-16(11-9-14)19(23)24/h8-11,15,17-18H,1-7,12-13,22H2,(H3,23,24)(H,25,27)/t17-,18?/m0/s1. The van der Waals surface area contributed by atoms with Gasteiger partial charge >= 0.3 is 0 Å². The summed E-state index contributed by atoms with van der Waals surface area (Å²) in [6.07, 6.45) is 7.02. The van der Waals surface area contributed by atoms with E-state index in [1.165, 1.54) is 6.42 Å². The Hall–Kier alpha value is -2.41. The Morgan fingerprint density at radius 3 is 2.43 bits per heavy atom. The first-order valence-electron chi connectivity index (χ1n) is 10.2. The van der Waals surface area contributed by atoms with Gasteiger partial charge in [0, 0.05) is 18.7 Å². The Bertz CT molecular complexity index is 712. The van der Waals surface area contributed by atoms with Crippen molar-refractivity contribution >= 4 is 17.6 Å². The van der Waals surface area contributed by atoms with Gasteiger partial charge in [-0.15, -0.1) is 0 Å². The number of hydrogen-bond donors (Lipinski definition) is 4. The highest BCUT2D eigenvalue weighted by Gasteiger charge is 2.38. The van der Waals surface area contributed by atoms with E-state index in [4.69, 9.17) is 16.9 Å². The van der Waals surface area contributed by atoms with Crippen molar-refractivity contribution in [2.24, 2.45) is 17.4 Å². The van der Waals surface area contributed by atoms with E-state index in [1.54, 1.807) is 17.0 Å². The molecule has 0 bridgehead atoms. The topological polar surface area (TPSA) is 125 Å². The lowest BCUT2D eigenvalue weighted by Gasteiger charge is -2.32. The number of amides is 2. The number of nitrogens with zero attached hydrogens (tertiary/aromatic N) is 1. The molecule has 2 fully saturated rings. The van der Waals surface area contributed by atoms with Crippen molar-refractivity contribution < 1.29 is 9.59 Å². The van der Waals surface area contributed by atoms with Gasteiger partial charge < -0.3 is 21.7 Å². The average molecular weight is 386 g/mol. The first kappa shape index (κ1) is 20.3. The van der Waals surface area contributed by atoms with Gasteiger partial charge in [-0.1, -0.05) is 43.5 Å². The highest BCUT2D eigenvalue weighted by Crippen LogP contribution is 2.28. The van der Waals surface area contributed by atoms with Crippen LogP contribution in [0.4, 0.5) is 0 Å². The SMILES string of the molecule is N=C(N)c1ccc(CNC(=O)[C@@H]2CCCN2C(=O)C(N)C2CCCCC2)cc1. The minimum absolute atomic E-state index is 0.0185. The number of likely N-dealkylation sites (tertiary alicyclic amines) is 1. The molecule has 7 nitrogen and oxygen atoms in total. The number of benzene rings is 1. The quantitative estimate of drug-likeness (QED) is 0.437. The largest absolute Gasteiger partial charge is 0.384 e. The van der Waals surface area contributed by atoms with Gasteiger partial charge in [-0.2, -0.15) is 0 Å². The molecule has 2 amide bonds. The van der Waals surface area contributed by atoms with E-state index >= 15 is 0 Å². The Morgan fingerprint density at radius 1 is 1.11 bits per heavy atom. The lowest BCUT2D eigenvalue weighted by Crippen LogP contribution is -2.53. The van der Waals surface area contributed by atoms with E-state index in [0.29, 0.717) is 25.1 Å². The van der Waals surface area contributed by atoms with Crippen LogP contribution in [-0.2, 0) is 16.1 Å². The normalized spacial score (nSPS) is 21.3. The van der Waals surface area contributed by atoms with Crippen LogP contribution in [0.2, 0.25) is 0 Å². The van der Waals surface area contributed by atoms with E-state index in [0.717, 1.165) is 37.7 Å². The fraction of sp³-hybridized carbons (Fsp3) is 0.571. The van der Waals surface area contributed by atoms with Crippen LogP contribution in [0.15, 0.2) is 24.3 Å². The smallest absolute Gasteiger partial charge is 0.243 e. The van der Waals surface area contributed by atoms with Crippen molar-refractivity contribution in [2.75, 3.05) is 6.54 Å².